The molecule has 0 bridgehead atoms. The quantitative estimate of drug-likeness (QED) is 0.188. The largest absolute Gasteiger partial charge is 0.277 e. The van der Waals surface area contributed by atoms with E-state index >= 15 is 0 Å². The van der Waals surface area contributed by atoms with Crippen LogP contribution in [0.1, 0.15) is 0 Å². The first kappa shape index (κ1) is 25.1. The van der Waals surface area contributed by atoms with Crippen LogP contribution in [0.5, 0.6) is 0 Å². The van der Waals surface area contributed by atoms with E-state index in [-0.39, 0.29) is 0 Å². The lowest BCUT2D eigenvalue weighted by Crippen LogP contribution is -2.02. The number of fused-ring (bicyclic) bond motifs is 13. The molecule has 11 aromatic rings. The molecule has 46 heavy (non-hydrogen) atoms. The topological polar surface area (TPSA) is 30.7 Å². The lowest BCUT2D eigenvalue weighted by Gasteiger charge is -2.11. The van der Waals surface area contributed by atoms with Crippen LogP contribution in [0.25, 0.3) is 99.7 Å². The van der Waals surface area contributed by atoms with Gasteiger partial charge in [-0.1, -0.05) is 84.9 Å². The minimum absolute atomic E-state index is 0.707. The Morgan fingerprint density at radius 2 is 1.04 bits per heavy atom. The summed E-state index contributed by atoms with van der Waals surface area (Å²) in [5.74, 6) is 0.707. The summed E-state index contributed by atoms with van der Waals surface area (Å²) in [5.41, 5.74) is 4.37. The number of hydrogen-bond donors (Lipinski definition) is 0. The summed E-state index contributed by atoms with van der Waals surface area (Å²) in [4.78, 5) is 11.9. The van der Waals surface area contributed by atoms with E-state index < -0.39 is 0 Å². The second-order valence-electron chi connectivity index (χ2n) is 11.7. The Kier molecular flexibility index (Phi) is 5.02. The summed E-state index contributed by atoms with van der Waals surface area (Å²) in [6, 6.07) is 46.1. The van der Waals surface area contributed by atoms with Crippen molar-refractivity contribution in [2.45, 2.75) is 0 Å². The second kappa shape index (κ2) is 9.21. The van der Waals surface area contributed by atoms with Gasteiger partial charge in [-0.15, -0.1) is 34.0 Å². The fourth-order valence-electron chi connectivity index (χ4n) is 7.27. The van der Waals surface area contributed by atoms with E-state index in [0.29, 0.717) is 5.95 Å². The number of para-hydroxylation sites is 1. The van der Waals surface area contributed by atoms with Crippen LogP contribution >= 0.6 is 34.0 Å². The molecular formula is C40H21N3S3. The molecule has 5 aromatic heterocycles. The van der Waals surface area contributed by atoms with Gasteiger partial charge >= 0.3 is 0 Å². The molecule has 0 aliphatic carbocycles. The van der Waals surface area contributed by atoms with Crippen molar-refractivity contribution in [1.29, 1.82) is 0 Å². The van der Waals surface area contributed by atoms with Gasteiger partial charge in [0.05, 0.1) is 16.7 Å². The van der Waals surface area contributed by atoms with E-state index in [2.05, 4.69) is 132 Å². The molecule has 214 valence electrons. The van der Waals surface area contributed by atoms with Crippen molar-refractivity contribution >= 4 is 116 Å². The maximum absolute atomic E-state index is 5.54. The number of thiophene rings is 3. The van der Waals surface area contributed by atoms with E-state index in [1.165, 1.54) is 66.7 Å². The van der Waals surface area contributed by atoms with Crippen molar-refractivity contribution in [3.8, 4) is 17.2 Å². The lowest BCUT2D eigenvalue weighted by molar-refractivity contribution is 1.02. The molecule has 0 radical (unpaired) electrons. The molecule has 6 heteroatoms. The second-order valence-corrected chi connectivity index (χ2v) is 14.9. The minimum Gasteiger partial charge on any atom is -0.277 e. The number of aromatic nitrogens is 3. The molecule has 0 saturated heterocycles. The van der Waals surface area contributed by atoms with Gasteiger partial charge in [0.2, 0.25) is 5.95 Å². The van der Waals surface area contributed by atoms with E-state index in [1.807, 2.05) is 22.7 Å². The zero-order valence-electron chi connectivity index (χ0n) is 24.2. The molecule has 0 saturated carbocycles. The maximum atomic E-state index is 5.54. The number of benzene rings is 6. The molecule has 0 atom stereocenters. The molecule has 0 N–H and O–H groups in total. The van der Waals surface area contributed by atoms with Gasteiger partial charge in [-0.2, -0.15) is 0 Å². The fraction of sp³-hybridized carbons (Fsp3) is 0. The highest BCUT2D eigenvalue weighted by Crippen LogP contribution is 2.45. The summed E-state index contributed by atoms with van der Waals surface area (Å²) in [5, 5.41) is 9.86. The third kappa shape index (κ3) is 3.35. The molecule has 0 unspecified atom stereocenters. The van der Waals surface area contributed by atoms with Gasteiger partial charge in [-0.05, 0) is 42.5 Å². The van der Waals surface area contributed by atoms with Crippen molar-refractivity contribution in [2.24, 2.45) is 0 Å². The van der Waals surface area contributed by atoms with Crippen LogP contribution in [0.3, 0.4) is 0 Å². The first-order valence-corrected chi connectivity index (χ1v) is 17.7. The van der Waals surface area contributed by atoms with Crippen LogP contribution in [0, 0.1) is 0 Å². The predicted octanol–water partition coefficient (Wildman–Crippen LogP) is 12.3. The van der Waals surface area contributed by atoms with Crippen LogP contribution in [0.15, 0.2) is 127 Å². The SMILES string of the molecule is c1ccc2c(c1)sc1ccc(-c3nc(-n4c5ccccc5c5ccc6sc7ccccc7c6c54)nc4sc5ccccc5c34)cc12. The third-order valence-electron chi connectivity index (χ3n) is 9.25. The first-order chi connectivity index (χ1) is 22.8. The van der Waals surface area contributed by atoms with Gasteiger partial charge in [-0.3, -0.25) is 4.57 Å². The van der Waals surface area contributed by atoms with Gasteiger partial charge in [-0.25, -0.2) is 9.97 Å². The Morgan fingerprint density at radius 1 is 0.435 bits per heavy atom. The minimum atomic E-state index is 0.707. The van der Waals surface area contributed by atoms with Gasteiger partial charge in [0.15, 0.2) is 0 Å². The summed E-state index contributed by atoms with van der Waals surface area (Å²) >= 11 is 5.44. The van der Waals surface area contributed by atoms with E-state index in [0.717, 1.165) is 27.0 Å². The monoisotopic (exact) mass is 639 g/mol. The van der Waals surface area contributed by atoms with Crippen LogP contribution < -0.4 is 0 Å². The average Bonchev–Trinajstić information content (AvgIpc) is 3.85. The fourth-order valence-corrected chi connectivity index (χ4v) is 10.5. The van der Waals surface area contributed by atoms with Crippen LogP contribution in [0.2, 0.25) is 0 Å². The highest BCUT2D eigenvalue weighted by Gasteiger charge is 2.22. The Bertz CT molecular complexity index is 3050. The van der Waals surface area contributed by atoms with Gasteiger partial charge < -0.3 is 0 Å². The highest BCUT2D eigenvalue weighted by atomic mass is 32.1. The summed E-state index contributed by atoms with van der Waals surface area (Å²) in [6.07, 6.45) is 0. The Hall–Kier alpha value is -5.14. The van der Waals surface area contributed by atoms with Gasteiger partial charge in [0.1, 0.15) is 4.83 Å². The van der Waals surface area contributed by atoms with E-state index in [1.54, 1.807) is 11.3 Å². The molecule has 0 fully saturated rings. The van der Waals surface area contributed by atoms with Crippen molar-refractivity contribution in [1.82, 2.24) is 14.5 Å². The first-order valence-electron chi connectivity index (χ1n) is 15.2. The molecule has 0 aliphatic heterocycles. The average molecular weight is 640 g/mol. The molecule has 11 rings (SSSR count). The summed E-state index contributed by atoms with van der Waals surface area (Å²) < 4.78 is 8.70. The Labute approximate surface area is 274 Å². The number of hydrogen-bond acceptors (Lipinski definition) is 5. The van der Waals surface area contributed by atoms with Crippen molar-refractivity contribution < 1.29 is 0 Å². The molecule has 0 aliphatic rings. The van der Waals surface area contributed by atoms with E-state index in [9.17, 15) is 0 Å². The van der Waals surface area contributed by atoms with Crippen LogP contribution in [-0.2, 0) is 0 Å². The van der Waals surface area contributed by atoms with Crippen molar-refractivity contribution in [3.63, 3.8) is 0 Å². The highest BCUT2D eigenvalue weighted by molar-refractivity contribution is 7.26. The van der Waals surface area contributed by atoms with Gasteiger partial charge in [0, 0.05) is 72.2 Å². The van der Waals surface area contributed by atoms with Crippen molar-refractivity contribution in [3.05, 3.63) is 127 Å². The van der Waals surface area contributed by atoms with Gasteiger partial charge in [0.25, 0.3) is 0 Å². The zero-order valence-corrected chi connectivity index (χ0v) is 26.6. The van der Waals surface area contributed by atoms with Crippen LogP contribution in [0.4, 0.5) is 0 Å². The maximum Gasteiger partial charge on any atom is 0.236 e. The molecule has 6 aromatic carbocycles. The Balaban J connectivity index is 1.31. The lowest BCUT2D eigenvalue weighted by atomic mass is 10.0. The zero-order chi connectivity index (χ0) is 29.9. The van der Waals surface area contributed by atoms with Crippen LogP contribution in [-0.4, -0.2) is 14.5 Å². The summed E-state index contributed by atoms with van der Waals surface area (Å²) in [6.45, 7) is 0. The van der Waals surface area contributed by atoms with E-state index in [4.69, 9.17) is 9.97 Å². The number of rotatable bonds is 2. The smallest absolute Gasteiger partial charge is 0.236 e. The molecule has 5 heterocycles. The molecular weight excluding hydrogens is 619 g/mol. The van der Waals surface area contributed by atoms with Crippen molar-refractivity contribution in [2.75, 3.05) is 0 Å². The summed E-state index contributed by atoms with van der Waals surface area (Å²) in [7, 11) is 0. The Morgan fingerprint density at radius 3 is 1.87 bits per heavy atom. The molecule has 3 nitrogen and oxygen atoms in total. The molecule has 0 spiro atoms. The standard InChI is InChI=1S/C40H21N3S3/c1-5-13-29-23(9-1)25-18-20-34-35(26-11-3-7-15-31(26)45-34)38(25)43(29)40-41-37(36-27-12-4-8-16-32(27)46-39(36)42-40)22-17-19-33-28(21-22)24-10-2-6-14-30(24)44-33/h1-21H. The molecule has 0 amide bonds. The normalized spacial score (nSPS) is 12.3. The third-order valence-corrected chi connectivity index (χ3v) is 12.6. The predicted molar refractivity (Wildman–Crippen MR) is 200 cm³/mol. The number of nitrogens with zero attached hydrogens (tertiary/aromatic N) is 3.